The highest BCUT2D eigenvalue weighted by Gasteiger charge is 2.41. The van der Waals surface area contributed by atoms with Gasteiger partial charge in [0, 0.05) is 13.0 Å². The van der Waals surface area contributed by atoms with Gasteiger partial charge < -0.3 is 9.52 Å². The first-order valence-corrected chi connectivity index (χ1v) is 7.36. The quantitative estimate of drug-likeness (QED) is 0.860. The highest BCUT2D eigenvalue weighted by molar-refractivity contribution is 5.75. The summed E-state index contributed by atoms with van der Waals surface area (Å²) in [5.41, 5.74) is -0.611. The number of aryl methyl sites for hydroxylation is 1. The number of piperidine rings is 1. The monoisotopic (exact) mass is 281 g/mol. The van der Waals surface area contributed by atoms with Crippen molar-refractivity contribution >= 4 is 5.97 Å². The molecule has 1 N–H and O–H groups in total. The molecule has 1 fully saturated rings. The van der Waals surface area contributed by atoms with Gasteiger partial charge in [0.05, 0.1) is 12.0 Å². The molecule has 2 rings (SSSR count). The molecule has 6 heteroatoms. The van der Waals surface area contributed by atoms with Gasteiger partial charge in [-0.15, -0.1) is 10.2 Å². The number of hydrogen-bond donors (Lipinski definition) is 1. The van der Waals surface area contributed by atoms with Crippen molar-refractivity contribution in [3.8, 4) is 0 Å². The lowest BCUT2D eigenvalue weighted by Gasteiger charge is -2.39. The Hall–Kier alpha value is -1.43. The summed E-state index contributed by atoms with van der Waals surface area (Å²) in [4.78, 5) is 13.8. The van der Waals surface area contributed by atoms with E-state index in [-0.39, 0.29) is 0 Å². The van der Waals surface area contributed by atoms with Gasteiger partial charge in [0.25, 0.3) is 0 Å². The minimum absolute atomic E-state index is 0.547. The number of carboxylic acids is 1. The highest BCUT2D eigenvalue weighted by atomic mass is 16.4. The number of carbonyl (C=O) groups is 1. The van der Waals surface area contributed by atoms with E-state index in [0.717, 1.165) is 38.6 Å². The number of aliphatic carboxylic acids is 1. The summed E-state index contributed by atoms with van der Waals surface area (Å²) in [5.74, 6) is 0.540. The standard InChI is InChI=1S/C14H23N3O3/c1-3-6-14(13(18)19)7-5-8-17(10-14)9-12-16-15-11(4-2)20-12/h3-10H2,1-2H3,(H,18,19). The van der Waals surface area contributed by atoms with Crippen LogP contribution in [-0.2, 0) is 17.8 Å². The molecule has 112 valence electrons. The molecule has 6 nitrogen and oxygen atoms in total. The van der Waals surface area contributed by atoms with E-state index in [9.17, 15) is 9.90 Å². The van der Waals surface area contributed by atoms with E-state index in [1.54, 1.807) is 0 Å². The molecule has 1 aliphatic heterocycles. The highest BCUT2D eigenvalue weighted by Crippen LogP contribution is 2.35. The van der Waals surface area contributed by atoms with Crippen LogP contribution in [0.1, 0.15) is 51.3 Å². The number of likely N-dealkylation sites (tertiary alicyclic amines) is 1. The second kappa shape index (κ2) is 6.35. The third-order valence-corrected chi connectivity index (χ3v) is 4.01. The summed E-state index contributed by atoms with van der Waals surface area (Å²) in [6, 6.07) is 0. The van der Waals surface area contributed by atoms with Crippen molar-refractivity contribution in [2.24, 2.45) is 5.41 Å². The molecule has 0 bridgehead atoms. The van der Waals surface area contributed by atoms with E-state index in [1.807, 2.05) is 13.8 Å². The summed E-state index contributed by atoms with van der Waals surface area (Å²) in [6.45, 7) is 6.01. The average Bonchev–Trinajstić information content (AvgIpc) is 2.87. The van der Waals surface area contributed by atoms with Crippen molar-refractivity contribution < 1.29 is 14.3 Å². The van der Waals surface area contributed by atoms with Gasteiger partial charge in [-0.1, -0.05) is 20.3 Å². The molecule has 1 atom stereocenters. The first-order valence-electron chi connectivity index (χ1n) is 7.36. The fraction of sp³-hybridized carbons (Fsp3) is 0.786. The minimum Gasteiger partial charge on any atom is -0.481 e. The summed E-state index contributed by atoms with van der Waals surface area (Å²) in [7, 11) is 0. The summed E-state index contributed by atoms with van der Waals surface area (Å²) >= 11 is 0. The summed E-state index contributed by atoms with van der Waals surface area (Å²) in [5, 5.41) is 17.5. The molecule has 0 spiro atoms. The zero-order chi connectivity index (χ0) is 14.6. The van der Waals surface area contributed by atoms with Crippen LogP contribution in [0.4, 0.5) is 0 Å². The maximum Gasteiger partial charge on any atom is 0.310 e. The Kier molecular flexibility index (Phi) is 4.75. The molecule has 1 saturated heterocycles. The first-order chi connectivity index (χ1) is 9.59. The molecular formula is C14H23N3O3. The van der Waals surface area contributed by atoms with E-state index in [1.165, 1.54) is 0 Å². The topological polar surface area (TPSA) is 79.5 Å². The first kappa shape index (κ1) is 15.0. The minimum atomic E-state index is -0.677. The van der Waals surface area contributed by atoms with Crippen LogP contribution >= 0.6 is 0 Å². The van der Waals surface area contributed by atoms with Crippen LogP contribution < -0.4 is 0 Å². The molecule has 20 heavy (non-hydrogen) atoms. The number of hydrogen-bond acceptors (Lipinski definition) is 5. The molecule has 0 aliphatic carbocycles. The maximum atomic E-state index is 11.6. The Morgan fingerprint density at radius 2 is 2.15 bits per heavy atom. The normalized spacial score (nSPS) is 23.9. The van der Waals surface area contributed by atoms with Gasteiger partial charge >= 0.3 is 5.97 Å². The van der Waals surface area contributed by atoms with Crippen molar-refractivity contribution in [2.45, 2.75) is 52.5 Å². The lowest BCUT2D eigenvalue weighted by Crippen LogP contribution is -2.47. The van der Waals surface area contributed by atoms with E-state index >= 15 is 0 Å². The van der Waals surface area contributed by atoms with Crippen molar-refractivity contribution in [1.29, 1.82) is 0 Å². The Bertz CT molecular complexity index is 456. The van der Waals surface area contributed by atoms with Crippen molar-refractivity contribution in [1.82, 2.24) is 15.1 Å². The zero-order valence-electron chi connectivity index (χ0n) is 12.3. The lowest BCUT2D eigenvalue weighted by molar-refractivity contribution is -0.153. The lowest BCUT2D eigenvalue weighted by atomic mass is 9.76. The largest absolute Gasteiger partial charge is 0.481 e. The second-order valence-electron chi connectivity index (χ2n) is 5.59. The van der Waals surface area contributed by atoms with Crippen LogP contribution in [0.2, 0.25) is 0 Å². The third kappa shape index (κ3) is 3.17. The average molecular weight is 281 g/mol. The van der Waals surface area contributed by atoms with E-state index in [4.69, 9.17) is 4.42 Å². The molecule has 1 aromatic heterocycles. The van der Waals surface area contributed by atoms with Crippen LogP contribution in [0.5, 0.6) is 0 Å². The van der Waals surface area contributed by atoms with E-state index in [0.29, 0.717) is 24.9 Å². The molecule has 0 amide bonds. The van der Waals surface area contributed by atoms with E-state index < -0.39 is 11.4 Å². The number of aromatic nitrogens is 2. The fourth-order valence-corrected chi connectivity index (χ4v) is 3.01. The molecule has 0 aromatic carbocycles. The van der Waals surface area contributed by atoms with Crippen molar-refractivity contribution in [3.63, 3.8) is 0 Å². The van der Waals surface area contributed by atoms with E-state index in [2.05, 4.69) is 15.1 Å². The Morgan fingerprint density at radius 3 is 2.75 bits per heavy atom. The van der Waals surface area contributed by atoms with Gasteiger partial charge in [-0.25, -0.2) is 0 Å². The molecule has 0 radical (unpaired) electrons. The Balaban J connectivity index is 2.03. The van der Waals surface area contributed by atoms with Gasteiger partial charge in [-0.05, 0) is 25.8 Å². The van der Waals surface area contributed by atoms with Gasteiger partial charge in [0.2, 0.25) is 11.8 Å². The smallest absolute Gasteiger partial charge is 0.310 e. The van der Waals surface area contributed by atoms with Gasteiger partial charge in [0.15, 0.2) is 0 Å². The predicted molar refractivity (Wildman–Crippen MR) is 73.2 cm³/mol. The molecule has 1 unspecified atom stereocenters. The van der Waals surface area contributed by atoms with Gasteiger partial charge in [0.1, 0.15) is 0 Å². The zero-order valence-corrected chi connectivity index (χ0v) is 12.3. The molecular weight excluding hydrogens is 258 g/mol. The third-order valence-electron chi connectivity index (χ3n) is 4.01. The summed E-state index contributed by atoms with van der Waals surface area (Å²) < 4.78 is 5.51. The van der Waals surface area contributed by atoms with Crippen LogP contribution in [0.3, 0.4) is 0 Å². The molecule has 1 aromatic rings. The Morgan fingerprint density at radius 1 is 1.40 bits per heavy atom. The molecule has 2 heterocycles. The maximum absolute atomic E-state index is 11.6. The van der Waals surface area contributed by atoms with Gasteiger partial charge in [-0.2, -0.15) is 0 Å². The Labute approximate surface area is 119 Å². The van der Waals surface area contributed by atoms with Crippen LogP contribution in [0.25, 0.3) is 0 Å². The van der Waals surface area contributed by atoms with Crippen LogP contribution in [-0.4, -0.2) is 39.3 Å². The second-order valence-corrected chi connectivity index (χ2v) is 5.59. The van der Waals surface area contributed by atoms with Crippen LogP contribution in [0.15, 0.2) is 4.42 Å². The van der Waals surface area contributed by atoms with Crippen molar-refractivity contribution in [2.75, 3.05) is 13.1 Å². The number of rotatable bonds is 6. The predicted octanol–water partition coefficient (Wildman–Crippen LogP) is 2.10. The fourth-order valence-electron chi connectivity index (χ4n) is 3.01. The van der Waals surface area contributed by atoms with Gasteiger partial charge in [-0.3, -0.25) is 9.69 Å². The SMILES string of the molecule is CCCC1(C(=O)O)CCCN(Cc2nnc(CC)o2)C1. The van der Waals surface area contributed by atoms with Crippen molar-refractivity contribution in [3.05, 3.63) is 11.8 Å². The molecule has 0 saturated carbocycles. The van der Waals surface area contributed by atoms with Crippen LogP contribution in [0, 0.1) is 5.41 Å². The number of nitrogens with zero attached hydrogens (tertiary/aromatic N) is 3. The summed E-state index contributed by atoms with van der Waals surface area (Å²) in [6.07, 6.45) is 4.00. The molecule has 1 aliphatic rings. The number of carboxylic acid groups (broad SMARTS) is 1.